The smallest absolute Gasteiger partial charge is 0.347 e. The first kappa shape index (κ1) is 24.4. The number of carbonyl (C=O) groups is 4. The fourth-order valence-corrected chi connectivity index (χ4v) is 4.89. The highest BCUT2D eigenvalue weighted by atomic mass is 16.6. The minimum absolute atomic E-state index is 0.199. The van der Waals surface area contributed by atoms with Gasteiger partial charge in [-0.25, -0.2) is 19.2 Å². The van der Waals surface area contributed by atoms with Gasteiger partial charge in [0.05, 0.1) is 22.3 Å². The lowest BCUT2D eigenvalue weighted by molar-refractivity contribution is 0.0425. The van der Waals surface area contributed by atoms with Crippen molar-refractivity contribution in [3.8, 4) is 17.2 Å². The van der Waals surface area contributed by atoms with Crippen LogP contribution in [0.1, 0.15) is 73.7 Å². The van der Waals surface area contributed by atoms with E-state index in [1.165, 1.54) is 29.8 Å². The van der Waals surface area contributed by atoms with Gasteiger partial charge in [-0.15, -0.1) is 0 Å². The number of fused-ring (bicyclic) bond motifs is 2. The number of cyclic esters (lactones) is 4. The quantitative estimate of drug-likeness (QED) is 0.284. The van der Waals surface area contributed by atoms with Gasteiger partial charge in [0.25, 0.3) is 0 Å². The molecule has 3 aromatic carbocycles. The van der Waals surface area contributed by atoms with Crippen LogP contribution >= 0.6 is 0 Å². The van der Waals surface area contributed by atoms with Gasteiger partial charge in [0.2, 0.25) is 0 Å². The van der Waals surface area contributed by atoms with Gasteiger partial charge >= 0.3 is 23.9 Å². The number of carbonyl (C=O) groups excluding carboxylic acids is 4. The van der Waals surface area contributed by atoms with E-state index in [2.05, 4.69) is 29.4 Å². The molecule has 0 amide bonds. The zero-order chi connectivity index (χ0) is 27.3. The van der Waals surface area contributed by atoms with E-state index in [0.29, 0.717) is 23.7 Å². The fraction of sp³-hybridized carbons (Fsp3) is 0.161. The van der Waals surface area contributed by atoms with E-state index in [-0.39, 0.29) is 27.7 Å². The van der Waals surface area contributed by atoms with Crippen molar-refractivity contribution in [1.82, 2.24) is 0 Å². The normalized spacial score (nSPS) is 16.2. The molecule has 2 heterocycles. The first-order chi connectivity index (χ1) is 18.7. The monoisotopic (exact) mass is 522 g/mol. The van der Waals surface area contributed by atoms with Gasteiger partial charge < -0.3 is 18.9 Å². The molecule has 194 valence electrons. The Morgan fingerprint density at radius 2 is 1.10 bits per heavy atom. The molecule has 0 spiro atoms. The molecule has 0 saturated heterocycles. The van der Waals surface area contributed by atoms with Gasteiger partial charge in [0.1, 0.15) is 23.0 Å². The fourth-order valence-electron chi connectivity index (χ4n) is 4.89. The molecule has 8 nitrogen and oxygen atoms in total. The number of ether oxygens (including phenoxy) is 4. The zero-order valence-corrected chi connectivity index (χ0v) is 21.1. The molecule has 0 N–H and O–H groups in total. The Bertz CT molecular complexity index is 1640. The Hall–Kier alpha value is -4.98. The summed E-state index contributed by atoms with van der Waals surface area (Å²) in [6.07, 6.45) is 5.45. The van der Waals surface area contributed by atoms with Crippen molar-refractivity contribution in [2.45, 2.75) is 32.1 Å². The van der Waals surface area contributed by atoms with Gasteiger partial charge in [-0.3, -0.25) is 0 Å². The van der Waals surface area contributed by atoms with Gasteiger partial charge in [-0.05, 0) is 66.6 Å². The standard InChI is InChI=1S/C31H22O8/c1-31(2,17-3-7-19(8-4-17)36-21-11-13-23-25(15-21)29(34)38-27(23)32)18-5-9-20(10-6-18)37-22-12-14-24-26(16-22)30(35)39-28(24)33/h3-5,7-9,11-16H,6,10H2,1-2H3. The molecule has 0 bridgehead atoms. The molecular weight excluding hydrogens is 500 g/mol. The molecule has 0 unspecified atom stereocenters. The lowest BCUT2D eigenvalue weighted by Crippen LogP contribution is -2.22. The molecule has 0 radical (unpaired) electrons. The minimum atomic E-state index is -0.672. The van der Waals surface area contributed by atoms with Crippen LogP contribution in [0.15, 0.2) is 84.1 Å². The Morgan fingerprint density at radius 1 is 0.590 bits per heavy atom. The molecule has 0 atom stereocenters. The summed E-state index contributed by atoms with van der Waals surface area (Å²) in [5.74, 6) is -0.346. The van der Waals surface area contributed by atoms with Crippen molar-refractivity contribution in [2.75, 3.05) is 0 Å². The lowest BCUT2D eigenvalue weighted by Gasteiger charge is -2.31. The summed E-state index contributed by atoms with van der Waals surface area (Å²) in [5, 5.41) is 0. The summed E-state index contributed by atoms with van der Waals surface area (Å²) in [5.41, 5.74) is 2.98. The largest absolute Gasteiger partial charge is 0.462 e. The number of rotatable bonds is 6. The van der Waals surface area contributed by atoms with E-state index in [4.69, 9.17) is 9.47 Å². The topological polar surface area (TPSA) is 105 Å². The van der Waals surface area contributed by atoms with Crippen LogP contribution in [0.2, 0.25) is 0 Å². The van der Waals surface area contributed by atoms with Crippen molar-refractivity contribution in [3.05, 3.63) is 112 Å². The van der Waals surface area contributed by atoms with Gasteiger partial charge in [-0.1, -0.05) is 37.6 Å². The Balaban J connectivity index is 1.14. The van der Waals surface area contributed by atoms with E-state index >= 15 is 0 Å². The zero-order valence-electron chi connectivity index (χ0n) is 21.1. The lowest BCUT2D eigenvalue weighted by atomic mass is 9.74. The number of hydrogen-bond donors (Lipinski definition) is 0. The third-order valence-corrected chi connectivity index (χ3v) is 7.21. The molecule has 39 heavy (non-hydrogen) atoms. The number of benzene rings is 3. The maximum absolute atomic E-state index is 11.8. The van der Waals surface area contributed by atoms with Crippen molar-refractivity contribution in [1.29, 1.82) is 0 Å². The molecule has 8 heteroatoms. The molecular formula is C31H22O8. The summed E-state index contributed by atoms with van der Waals surface area (Å²) in [6.45, 7) is 4.31. The van der Waals surface area contributed by atoms with Crippen LogP contribution in [0.5, 0.6) is 17.2 Å². The van der Waals surface area contributed by atoms with Crippen LogP contribution in [0.3, 0.4) is 0 Å². The predicted octanol–water partition coefficient (Wildman–Crippen LogP) is 6.06. The van der Waals surface area contributed by atoms with Crippen LogP contribution in [0, 0.1) is 0 Å². The van der Waals surface area contributed by atoms with Crippen LogP contribution in [-0.4, -0.2) is 23.9 Å². The molecule has 6 rings (SSSR count). The van der Waals surface area contributed by atoms with Crippen LogP contribution in [-0.2, 0) is 14.9 Å². The van der Waals surface area contributed by atoms with Gasteiger partial charge in [0.15, 0.2) is 0 Å². The van der Waals surface area contributed by atoms with Crippen molar-refractivity contribution < 1.29 is 38.1 Å². The van der Waals surface area contributed by atoms with E-state index in [9.17, 15) is 19.2 Å². The number of hydrogen-bond acceptors (Lipinski definition) is 8. The summed E-state index contributed by atoms with van der Waals surface area (Å²) >= 11 is 0. The number of allylic oxidation sites excluding steroid dienone is 4. The predicted molar refractivity (Wildman–Crippen MR) is 138 cm³/mol. The highest BCUT2D eigenvalue weighted by Gasteiger charge is 2.32. The van der Waals surface area contributed by atoms with Crippen molar-refractivity contribution >= 4 is 23.9 Å². The second-order valence-corrected chi connectivity index (χ2v) is 9.95. The SMILES string of the molecule is CC(C)(C1=CC=C(Oc2ccc3c(c2)C(=O)OC3=O)CC1)c1ccc(Oc2ccc3c(c2)C(=O)OC3=O)cc1. The summed E-state index contributed by atoms with van der Waals surface area (Å²) in [4.78, 5) is 46.9. The third kappa shape index (κ3) is 4.40. The van der Waals surface area contributed by atoms with Crippen molar-refractivity contribution in [2.24, 2.45) is 0 Å². The van der Waals surface area contributed by atoms with E-state index in [1.807, 2.05) is 30.3 Å². The maximum Gasteiger partial charge on any atom is 0.347 e. The van der Waals surface area contributed by atoms with Gasteiger partial charge in [-0.2, -0.15) is 0 Å². The molecule has 0 fully saturated rings. The molecule has 0 saturated carbocycles. The highest BCUT2D eigenvalue weighted by molar-refractivity contribution is 6.15. The molecule has 3 aromatic rings. The summed E-state index contributed by atoms with van der Waals surface area (Å²) in [7, 11) is 0. The Kier molecular flexibility index (Phi) is 5.68. The highest BCUT2D eigenvalue weighted by Crippen LogP contribution is 2.38. The summed E-state index contributed by atoms with van der Waals surface area (Å²) < 4.78 is 21.1. The Labute approximate surface area is 223 Å². The maximum atomic E-state index is 11.8. The molecule has 3 aliphatic rings. The molecule has 0 aromatic heterocycles. The van der Waals surface area contributed by atoms with Crippen LogP contribution in [0.25, 0.3) is 0 Å². The average Bonchev–Trinajstić information content (AvgIpc) is 3.37. The Morgan fingerprint density at radius 3 is 1.64 bits per heavy atom. The molecule has 2 aliphatic heterocycles. The van der Waals surface area contributed by atoms with Gasteiger partial charge in [0, 0.05) is 11.8 Å². The van der Waals surface area contributed by atoms with E-state index < -0.39 is 23.9 Å². The number of esters is 4. The third-order valence-electron chi connectivity index (χ3n) is 7.21. The van der Waals surface area contributed by atoms with Crippen LogP contribution < -0.4 is 9.47 Å². The average molecular weight is 523 g/mol. The minimum Gasteiger partial charge on any atom is -0.462 e. The van der Waals surface area contributed by atoms with Crippen LogP contribution in [0.4, 0.5) is 0 Å². The second kappa shape index (κ2) is 9.09. The first-order valence-electron chi connectivity index (χ1n) is 12.4. The van der Waals surface area contributed by atoms with E-state index in [1.54, 1.807) is 12.1 Å². The second-order valence-electron chi connectivity index (χ2n) is 9.95. The molecule has 1 aliphatic carbocycles. The van der Waals surface area contributed by atoms with E-state index in [0.717, 1.165) is 17.7 Å². The van der Waals surface area contributed by atoms with Crippen molar-refractivity contribution in [3.63, 3.8) is 0 Å². The summed E-state index contributed by atoms with van der Waals surface area (Å²) in [6, 6.07) is 17.1. The first-order valence-corrected chi connectivity index (χ1v) is 12.4.